The maximum atomic E-state index is 12.8. The zero-order chi connectivity index (χ0) is 20.0. The van der Waals surface area contributed by atoms with Crippen LogP contribution < -0.4 is 20.5 Å². The van der Waals surface area contributed by atoms with Crippen molar-refractivity contribution in [1.29, 1.82) is 0 Å². The number of aryl methyl sites for hydroxylation is 1. The van der Waals surface area contributed by atoms with Gasteiger partial charge in [-0.25, -0.2) is 9.66 Å². The van der Waals surface area contributed by atoms with Gasteiger partial charge in [0.25, 0.3) is 17.2 Å². The Morgan fingerprint density at radius 2 is 2.00 bits per heavy atom. The highest BCUT2D eigenvalue weighted by Crippen LogP contribution is 2.30. The number of rotatable bonds is 2. The van der Waals surface area contributed by atoms with Crippen LogP contribution >= 0.6 is 0 Å². The summed E-state index contributed by atoms with van der Waals surface area (Å²) in [5.41, 5.74) is 3.07. The van der Waals surface area contributed by atoms with Gasteiger partial charge in [-0.3, -0.25) is 15.0 Å². The van der Waals surface area contributed by atoms with Crippen molar-refractivity contribution in [2.75, 3.05) is 18.6 Å². The van der Waals surface area contributed by atoms with Gasteiger partial charge in [0.1, 0.15) is 5.82 Å². The summed E-state index contributed by atoms with van der Waals surface area (Å²) in [7, 11) is 0. The fourth-order valence-electron chi connectivity index (χ4n) is 3.19. The summed E-state index contributed by atoms with van der Waals surface area (Å²) >= 11 is 0. The second kappa shape index (κ2) is 6.59. The van der Waals surface area contributed by atoms with Crippen LogP contribution in [0.4, 0.5) is 0 Å². The van der Waals surface area contributed by atoms with Gasteiger partial charge in [-0.15, -0.1) is 5.10 Å². The Balaban J connectivity index is 1.49. The monoisotopic (exact) mass is 392 g/mol. The van der Waals surface area contributed by atoms with Crippen LogP contribution in [0.15, 0.2) is 41.5 Å². The first-order valence-electron chi connectivity index (χ1n) is 9.05. The lowest BCUT2D eigenvalue weighted by molar-refractivity contribution is 0.101. The van der Waals surface area contributed by atoms with E-state index in [1.165, 1.54) is 16.9 Å². The first-order chi connectivity index (χ1) is 14.1. The number of pyridine rings is 1. The number of hydrogen-bond acceptors (Lipinski definition) is 7. The molecule has 10 nitrogen and oxygen atoms in total. The van der Waals surface area contributed by atoms with E-state index in [2.05, 4.69) is 20.5 Å². The van der Waals surface area contributed by atoms with Crippen LogP contribution in [0, 0.1) is 6.92 Å². The highest BCUT2D eigenvalue weighted by Gasteiger charge is 2.16. The molecule has 5 rings (SSSR count). The summed E-state index contributed by atoms with van der Waals surface area (Å²) in [5, 5.41) is 4.56. The number of hydrogen-bond donors (Lipinski definition) is 1. The molecule has 10 heteroatoms. The predicted molar refractivity (Wildman–Crippen MR) is 103 cm³/mol. The van der Waals surface area contributed by atoms with Crippen LogP contribution in [0.2, 0.25) is 0 Å². The second-order valence-corrected chi connectivity index (χ2v) is 6.57. The summed E-state index contributed by atoms with van der Waals surface area (Å²) in [6, 6.07) is 6.59. The standard InChI is InChI=1S/C19H16N6O4/c1-11-21-19-20-10-13-14(25(19)22-11)5-6-24(18(13)27)23-17(26)12-3-4-15-16(9-12)29-8-2-7-28-15/h3-6,9-10H,2,7-8H2,1H3,(H,23,26). The van der Waals surface area contributed by atoms with Crippen LogP contribution in [0.1, 0.15) is 22.6 Å². The minimum Gasteiger partial charge on any atom is -0.490 e. The summed E-state index contributed by atoms with van der Waals surface area (Å²) in [6.45, 7) is 2.83. The Labute approximate surface area is 163 Å². The lowest BCUT2D eigenvalue weighted by atomic mass is 10.2. The molecule has 146 valence electrons. The highest BCUT2D eigenvalue weighted by atomic mass is 16.5. The molecule has 3 aromatic heterocycles. The van der Waals surface area contributed by atoms with E-state index in [-0.39, 0.29) is 0 Å². The molecule has 0 atom stereocenters. The molecule has 0 radical (unpaired) electrons. The zero-order valence-electron chi connectivity index (χ0n) is 15.5. The van der Waals surface area contributed by atoms with Gasteiger partial charge in [-0.1, -0.05) is 0 Å². The van der Waals surface area contributed by atoms with E-state index in [4.69, 9.17) is 9.47 Å². The van der Waals surface area contributed by atoms with E-state index in [1.54, 1.807) is 31.2 Å². The number of nitrogens with one attached hydrogen (secondary N) is 1. The van der Waals surface area contributed by atoms with Gasteiger partial charge in [0.05, 0.1) is 24.1 Å². The molecule has 29 heavy (non-hydrogen) atoms. The van der Waals surface area contributed by atoms with Gasteiger partial charge >= 0.3 is 0 Å². The highest BCUT2D eigenvalue weighted by molar-refractivity contribution is 6.00. The van der Waals surface area contributed by atoms with Gasteiger partial charge in [-0.05, 0) is 31.2 Å². The van der Waals surface area contributed by atoms with Crippen molar-refractivity contribution in [3.63, 3.8) is 0 Å². The molecule has 0 bridgehead atoms. The van der Waals surface area contributed by atoms with Crippen LogP contribution in [0.3, 0.4) is 0 Å². The molecule has 1 aliphatic rings. The molecule has 0 aliphatic carbocycles. The first kappa shape index (κ1) is 17.2. The van der Waals surface area contributed by atoms with Crippen LogP contribution in [-0.2, 0) is 0 Å². The van der Waals surface area contributed by atoms with Crippen molar-refractivity contribution in [2.24, 2.45) is 0 Å². The van der Waals surface area contributed by atoms with E-state index in [9.17, 15) is 9.59 Å². The molecule has 0 unspecified atom stereocenters. The average Bonchev–Trinajstić information content (AvgIpc) is 2.95. The molecule has 0 fully saturated rings. The van der Waals surface area contributed by atoms with E-state index in [1.807, 2.05) is 0 Å². The minimum atomic E-state index is -0.451. The fourth-order valence-corrected chi connectivity index (χ4v) is 3.19. The number of benzene rings is 1. The quantitative estimate of drug-likeness (QED) is 0.547. The molecule has 1 amide bonds. The van der Waals surface area contributed by atoms with Crippen molar-refractivity contribution >= 4 is 22.6 Å². The molecule has 0 saturated carbocycles. The third-order valence-corrected chi connectivity index (χ3v) is 4.57. The van der Waals surface area contributed by atoms with Crippen molar-refractivity contribution in [3.05, 3.63) is 58.4 Å². The lowest BCUT2D eigenvalue weighted by Gasteiger charge is -2.11. The van der Waals surface area contributed by atoms with Gasteiger partial charge < -0.3 is 9.47 Å². The Morgan fingerprint density at radius 1 is 1.17 bits per heavy atom. The van der Waals surface area contributed by atoms with Crippen molar-refractivity contribution in [2.45, 2.75) is 13.3 Å². The molecular weight excluding hydrogens is 376 g/mol. The number of amides is 1. The number of carbonyl (C=O) groups is 1. The molecule has 0 spiro atoms. The Hall–Kier alpha value is -3.95. The topological polar surface area (TPSA) is 113 Å². The van der Waals surface area contributed by atoms with Gasteiger partial charge in [0, 0.05) is 24.4 Å². The molecule has 4 aromatic rings. The van der Waals surface area contributed by atoms with Crippen molar-refractivity contribution in [3.8, 4) is 11.5 Å². The molecule has 0 saturated heterocycles. The largest absolute Gasteiger partial charge is 0.490 e. The summed E-state index contributed by atoms with van der Waals surface area (Å²) in [5.74, 6) is 1.61. The number of carbonyl (C=O) groups excluding carboxylic acids is 1. The maximum Gasteiger partial charge on any atom is 0.280 e. The van der Waals surface area contributed by atoms with E-state index in [0.29, 0.717) is 52.8 Å². The van der Waals surface area contributed by atoms with Crippen LogP contribution in [0.25, 0.3) is 16.7 Å². The maximum absolute atomic E-state index is 12.8. The molecular formula is C19H16N6O4. The SMILES string of the molecule is Cc1nc2ncc3c(=O)n(NC(=O)c4ccc5c(c4)OCCCO5)ccc3n2n1. The predicted octanol–water partition coefficient (Wildman–Crippen LogP) is 1.29. The third-order valence-electron chi connectivity index (χ3n) is 4.57. The number of aromatic nitrogens is 5. The molecule has 1 aromatic carbocycles. The average molecular weight is 392 g/mol. The lowest BCUT2D eigenvalue weighted by Crippen LogP contribution is -2.33. The number of fused-ring (bicyclic) bond motifs is 4. The Bertz CT molecular complexity index is 1330. The second-order valence-electron chi connectivity index (χ2n) is 6.57. The molecule has 1 aliphatic heterocycles. The summed E-state index contributed by atoms with van der Waals surface area (Å²) in [6.07, 6.45) is 3.68. The molecule has 4 heterocycles. The Kier molecular flexibility index (Phi) is 3.90. The minimum absolute atomic E-state index is 0.309. The third kappa shape index (κ3) is 2.94. The number of ether oxygens (including phenoxy) is 2. The van der Waals surface area contributed by atoms with Gasteiger partial charge in [-0.2, -0.15) is 9.50 Å². The Morgan fingerprint density at radius 3 is 2.86 bits per heavy atom. The summed E-state index contributed by atoms with van der Waals surface area (Å²) < 4.78 is 13.8. The van der Waals surface area contributed by atoms with E-state index < -0.39 is 11.5 Å². The normalized spacial score (nSPS) is 13.4. The van der Waals surface area contributed by atoms with Crippen LogP contribution in [-0.4, -0.2) is 43.4 Å². The van der Waals surface area contributed by atoms with Crippen LogP contribution in [0.5, 0.6) is 11.5 Å². The van der Waals surface area contributed by atoms with E-state index in [0.717, 1.165) is 11.1 Å². The van der Waals surface area contributed by atoms with Gasteiger partial charge in [0.2, 0.25) is 0 Å². The number of nitrogens with zero attached hydrogens (tertiary/aromatic N) is 5. The van der Waals surface area contributed by atoms with E-state index >= 15 is 0 Å². The van der Waals surface area contributed by atoms with Gasteiger partial charge in [0.15, 0.2) is 11.5 Å². The fraction of sp³-hybridized carbons (Fsp3) is 0.211. The van der Waals surface area contributed by atoms with Crippen molar-refractivity contribution < 1.29 is 14.3 Å². The van der Waals surface area contributed by atoms with Crippen molar-refractivity contribution in [1.82, 2.24) is 24.3 Å². The summed E-state index contributed by atoms with van der Waals surface area (Å²) in [4.78, 5) is 33.9. The zero-order valence-corrected chi connectivity index (χ0v) is 15.5. The smallest absolute Gasteiger partial charge is 0.280 e. The molecule has 1 N–H and O–H groups in total. The first-order valence-corrected chi connectivity index (χ1v) is 9.05.